The first kappa shape index (κ1) is 12.0. The Hall–Kier alpha value is -0.0800. The zero-order valence-electron chi connectivity index (χ0n) is 10.2. The molecule has 0 aromatic heterocycles. The number of nitrogens with two attached hydrogens (primary N) is 1. The molecule has 2 nitrogen and oxygen atoms in total. The molecule has 2 atom stereocenters. The Bertz CT molecular complexity index is 175. The van der Waals surface area contributed by atoms with E-state index >= 15 is 0 Å². The molecular formula is C12H26N2. The van der Waals surface area contributed by atoms with Crippen LogP contribution in [0.4, 0.5) is 0 Å². The van der Waals surface area contributed by atoms with E-state index in [-0.39, 0.29) is 5.54 Å². The number of hydrogen-bond donors (Lipinski definition) is 1. The summed E-state index contributed by atoms with van der Waals surface area (Å²) in [5, 5.41) is 0. The molecule has 0 heterocycles. The summed E-state index contributed by atoms with van der Waals surface area (Å²) >= 11 is 0. The Morgan fingerprint density at radius 3 is 2.36 bits per heavy atom. The second kappa shape index (κ2) is 4.63. The normalized spacial score (nSPS) is 23.6. The summed E-state index contributed by atoms with van der Waals surface area (Å²) in [7, 11) is 4.28. The van der Waals surface area contributed by atoms with Gasteiger partial charge in [-0.25, -0.2) is 0 Å². The third-order valence-electron chi connectivity index (χ3n) is 4.12. The second-order valence-corrected chi connectivity index (χ2v) is 5.23. The highest BCUT2D eigenvalue weighted by Gasteiger charge is 2.33. The Morgan fingerprint density at radius 1 is 1.43 bits per heavy atom. The molecule has 1 saturated carbocycles. The summed E-state index contributed by atoms with van der Waals surface area (Å²) in [6.45, 7) is 4.52. The minimum atomic E-state index is 0.175. The van der Waals surface area contributed by atoms with Crippen LogP contribution >= 0.6 is 0 Å². The first-order chi connectivity index (χ1) is 6.50. The lowest BCUT2D eigenvalue weighted by atomic mass is 9.85. The van der Waals surface area contributed by atoms with Gasteiger partial charge in [0.1, 0.15) is 0 Å². The lowest BCUT2D eigenvalue weighted by Crippen LogP contribution is -2.54. The van der Waals surface area contributed by atoms with Crippen LogP contribution in [0.15, 0.2) is 0 Å². The van der Waals surface area contributed by atoms with Crippen molar-refractivity contribution in [2.75, 3.05) is 14.1 Å². The molecule has 0 aromatic carbocycles. The van der Waals surface area contributed by atoms with Crippen molar-refractivity contribution in [3.05, 3.63) is 0 Å². The van der Waals surface area contributed by atoms with Crippen molar-refractivity contribution in [1.82, 2.24) is 4.90 Å². The molecule has 1 aliphatic rings. The van der Waals surface area contributed by atoms with Gasteiger partial charge in [-0.2, -0.15) is 0 Å². The van der Waals surface area contributed by atoms with Crippen molar-refractivity contribution in [2.45, 2.75) is 57.5 Å². The SMILES string of the molecule is CCC(C)(C(N)CCC1CC1)N(C)C. The molecule has 0 amide bonds. The van der Waals surface area contributed by atoms with Crippen LogP contribution in [0.3, 0.4) is 0 Å². The monoisotopic (exact) mass is 198 g/mol. The van der Waals surface area contributed by atoms with Gasteiger partial charge in [-0.15, -0.1) is 0 Å². The molecule has 1 aliphatic carbocycles. The molecule has 1 fully saturated rings. The molecule has 0 aromatic rings. The Balaban J connectivity index is 2.40. The Kier molecular flexibility index (Phi) is 3.96. The van der Waals surface area contributed by atoms with Crippen LogP contribution in [0, 0.1) is 5.92 Å². The molecule has 0 bridgehead atoms. The predicted molar refractivity (Wildman–Crippen MR) is 62.3 cm³/mol. The third kappa shape index (κ3) is 2.71. The topological polar surface area (TPSA) is 29.3 Å². The third-order valence-corrected chi connectivity index (χ3v) is 4.12. The molecule has 2 heteroatoms. The van der Waals surface area contributed by atoms with Crippen molar-refractivity contribution >= 4 is 0 Å². The van der Waals surface area contributed by atoms with Crippen LogP contribution in [-0.2, 0) is 0 Å². The number of likely N-dealkylation sites (N-methyl/N-ethyl adjacent to an activating group) is 1. The molecule has 2 N–H and O–H groups in total. The highest BCUT2D eigenvalue weighted by atomic mass is 15.2. The molecule has 0 radical (unpaired) electrons. The van der Waals surface area contributed by atoms with Crippen molar-refractivity contribution in [3.63, 3.8) is 0 Å². The highest BCUT2D eigenvalue weighted by molar-refractivity contribution is 4.93. The van der Waals surface area contributed by atoms with E-state index in [0.29, 0.717) is 6.04 Å². The molecular weight excluding hydrogens is 172 g/mol. The fraction of sp³-hybridized carbons (Fsp3) is 1.00. The van der Waals surface area contributed by atoms with Gasteiger partial charge in [0, 0.05) is 11.6 Å². The van der Waals surface area contributed by atoms with E-state index in [0.717, 1.165) is 12.3 Å². The maximum Gasteiger partial charge on any atom is 0.0323 e. The number of nitrogens with zero attached hydrogens (tertiary/aromatic N) is 1. The molecule has 1 rings (SSSR count). The van der Waals surface area contributed by atoms with Gasteiger partial charge in [0.05, 0.1) is 0 Å². The Labute approximate surface area is 88.8 Å². The van der Waals surface area contributed by atoms with E-state index in [1.54, 1.807) is 0 Å². The molecule has 84 valence electrons. The van der Waals surface area contributed by atoms with Crippen LogP contribution in [-0.4, -0.2) is 30.6 Å². The van der Waals surface area contributed by atoms with E-state index in [4.69, 9.17) is 5.73 Å². The van der Waals surface area contributed by atoms with E-state index in [1.807, 2.05) is 0 Å². The lowest BCUT2D eigenvalue weighted by Gasteiger charge is -2.41. The van der Waals surface area contributed by atoms with E-state index in [9.17, 15) is 0 Å². The van der Waals surface area contributed by atoms with Gasteiger partial charge in [0.25, 0.3) is 0 Å². The maximum absolute atomic E-state index is 6.30. The van der Waals surface area contributed by atoms with Crippen molar-refractivity contribution in [1.29, 1.82) is 0 Å². The van der Waals surface area contributed by atoms with Crippen LogP contribution in [0.25, 0.3) is 0 Å². The van der Waals surface area contributed by atoms with Gasteiger partial charge in [0.2, 0.25) is 0 Å². The van der Waals surface area contributed by atoms with Gasteiger partial charge >= 0.3 is 0 Å². The zero-order valence-corrected chi connectivity index (χ0v) is 10.2. The Morgan fingerprint density at radius 2 is 2.00 bits per heavy atom. The number of hydrogen-bond acceptors (Lipinski definition) is 2. The van der Waals surface area contributed by atoms with Crippen molar-refractivity contribution in [3.8, 4) is 0 Å². The van der Waals surface area contributed by atoms with E-state index in [1.165, 1.54) is 25.7 Å². The van der Waals surface area contributed by atoms with Crippen LogP contribution in [0.1, 0.15) is 46.0 Å². The van der Waals surface area contributed by atoms with Crippen LogP contribution in [0.2, 0.25) is 0 Å². The van der Waals surface area contributed by atoms with Gasteiger partial charge in [-0.1, -0.05) is 19.8 Å². The smallest absolute Gasteiger partial charge is 0.0323 e. The average Bonchev–Trinajstić information content (AvgIpc) is 2.95. The standard InChI is InChI=1S/C12H26N2/c1-5-12(2,14(3)4)11(13)9-8-10-6-7-10/h10-11H,5-9,13H2,1-4H3. The van der Waals surface area contributed by atoms with Crippen molar-refractivity contribution < 1.29 is 0 Å². The summed E-state index contributed by atoms with van der Waals surface area (Å²) in [5.41, 5.74) is 6.47. The largest absolute Gasteiger partial charge is 0.326 e. The first-order valence-electron chi connectivity index (χ1n) is 5.93. The van der Waals surface area contributed by atoms with Gasteiger partial charge in [-0.3, -0.25) is 0 Å². The molecule has 0 saturated heterocycles. The highest BCUT2D eigenvalue weighted by Crippen LogP contribution is 2.35. The molecule has 2 unspecified atom stereocenters. The number of rotatable bonds is 6. The second-order valence-electron chi connectivity index (χ2n) is 5.23. The minimum Gasteiger partial charge on any atom is -0.326 e. The first-order valence-corrected chi connectivity index (χ1v) is 5.93. The zero-order chi connectivity index (χ0) is 10.8. The minimum absolute atomic E-state index is 0.175. The average molecular weight is 198 g/mol. The fourth-order valence-corrected chi connectivity index (χ4v) is 2.04. The summed E-state index contributed by atoms with van der Waals surface area (Å²) in [6.07, 6.45) is 6.54. The molecule has 0 aliphatic heterocycles. The predicted octanol–water partition coefficient (Wildman–Crippen LogP) is 2.23. The maximum atomic E-state index is 6.30. The lowest BCUT2D eigenvalue weighted by molar-refractivity contribution is 0.125. The molecule has 0 spiro atoms. The van der Waals surface area contributed by atoms with Crippen LogP contribution in [0.5, 0.6) is 0 Å². The fourth-order valence-electron chi connectivity index (χ4n) is 2.04. The van der Waals surface area contributed by atoms with Crippen molar-refractivity contribution in [2.24, 2.45) is 11.7 Å². The van der Waals surface area contributed by atoms with Gasteiger partial charge in [0.15, 0.2) is 0 Å². The van der Waals surface area contributed by atoms with E-state index < -0.39 is 0 Å². The summed E-state index contributed by atoms with van der Waals surface area (Å²) < 4.78 is 0. The summed E-state index contributed by atoms with van der Waals surface area (Å²) in [6, 6.07) is 0.322. The van der Waals surface area contributed by atoms with Crippen LogP contribution < -0.4 is 5.73 Å². The van der Waals surface area contributed by atoms with E-state index in [2.05, 4.69) is 32.8 Å². The van der Waals surface area contributed by atoms with Gasteiger partial charge < -0.3 is 10.6 Å². The van der Waals surface area contributed by atoms with Gasteiger partial charge in [-0.05, 0) is 46.2 Å². The summed E-state index contributed by atoms with van der Waals surface area (Å²) in [5.74, 6) is 1.00. The molecule has 14 heavy (non-hydrogen) atoms. The summed E-state index contributed by atoms with van der Waals surface area (Å²) in [4.78, 5) is 2.28. The quantitative estimate of drug-likeness (QED) is 0.709.